The maximum absolute atomic E-state index is 11.8. The fourth-order valence-electron chi connectivity index (χ4n) is 1.30. The molecule has 0 saturated heterocycles. The van der Waals surface area contributed by atoms with Gasteiger partial charge in [-0.2, -0.15) is 0 Å². The monoisotopic (exact) mass is 328 g/mol. The molecule has 0 aromatic carbocycles. The molecule has 3 N–H and O–H groups in total. The zero-order valence-electron chi connectivity index (χ0n) is 10.1. The average Bonchev–Trinajstić information content (AvgIpc) is 2.41. The van der Waals surface area contributed by atoms with Crippen LogP contribution in [0, 0.1) is 0 Å². The SMILES string of the molecule is Nc1ccc(SCC(=O)Nc2ncc(Cl)cc2Cl)cn1. The van der Waals surface area contributed by atoms with E-state index in [0.717, 1.165) is 4.90 Å². The van der Waals surface area contributed by atoms with E-state index in [1.165, 1.54) is 24.0 Å². The third-order valence-electron chi connectivity index (χ3n) is 2.19. The van der Waals surface area contributed by atoms with E-state index >= 15 is 0 Å². The first-order valence-corrected chi connectivity index (χ1v) is 7.24. The maximum atomic E-state index is 11.8. The van der Waals surface area contributed by atoms with E-state index in [1.54, 1.807) is 18.3 Å². The van der Waals surface area contributed by atoms with Crippen LogP contribution in [-0.2, 0) is 4.79 Å². The standard InChI is InChI=1S/C12H10Cl2N4OS/c13-7-3-9(14)12(17-4-7)18-11(19)6-20-8-1-2-10(15)16-5-8/h1-5H,6H2,(H2,15,16)(H,17,18,19). The normalized spacial score (nSPS) is 10.3. The number of halogens is 2. The van der Waals surface area contributed by atoms with Gasteiger partial charge in [-0.3, -0.25) is 4.79 Å². The van der Waals surface area contributed by atoms with Gasteiger partial charge in [0, 0.05) is 17.3 Å². The van der Waals surface area contributed by atoms with Crippen molar-refractivity contribution in [3.05, 3.63) is 40.6 Å². The molecule has 0 aliphatic heterocycles. The van der Waals surface area contributed by atoms with Crippen molar-refractivity contribution in [2.75, 3.05) is 16.8 Å². The molecular weight excluding hydrogens is 319 g/mol. The number of aromatic nitrogens is 2. The zero-order valence-corrected chi connectivity index (χ0v) is 12.5. The lowest BCUT2D eigenvalue weighted by Crippen LogP contribution is -2.15. The number of hydrogen-bond acceptors (Lipinski definition) is 5. The molecule has 5 nitrogen and oxygen atoms in total. The molecular formula is C12H10Cl2N4OS. The van der Waals surface area contributed by atoms with Crippen LogP contribution in [0.4, 0.5) is 11.6 Å². The fraction of sp³-hybridized carbons (Fsp3) is 0.0833. The summed E-state index contributed by atoms with van der Waals surface area (Å²) in [4.78, 5) is 20.5. The number of carbonyl (C=O) groups excluding carboxylic acids is 1. The van der Waals surface area contributed by atoms with Crippen molar-refractivity contribution >= 4 is 52.5 Å². The first-order valence-electron chi connectivity index (χ1n) is 5.50. The van der Waals surface area contributed by atoms with E-state index in [0.29, 0.717) is 15.9 Å². The first kappa shape index (κ1) is 14.9. The molecule has 104 valence electrons. The number of nitrogens with two attached hydrogens (primary N) is 1. The number of pyridine rings is 2. The Bertz CT molecular complexity index is 621. The lowest BCUT2D eigenvalue weighted by atomic mass is 10.4. The third-order valence-corrected chi connectivity index (χ3v) is 3.67. The van der Waals surface area contributed by atoms with Crippen molar-refractivity contribution in [1.82, 2.24) is 9.97 Å². The highest BCUT2D eigenvalue weighted by Gasteiger charge is 2.08. The summed E-state index contributed by atoms with van der Waals surface area (Å²) in [6.07, 6.45) is 3.03. The summed E-state index contributed by atoms with van der Waals surface area (Å²) in [6.45, 7) is 0. The molecule has 0 spiro atoms. The highest BCUT2D eigenvalue weighted by atomic mass is 35.5. The second kappa shape index (κ2) is 6.78. The van der Waals surface area contributed by atoms with E-state index in [9.17, 15) is 4.79 Å². The van der Waals surface area contributed by atoms with Crippen LogP contribution in [0.1, 0.15) is 0 Å². The van der Waals surface area contributed by atoms with Crippen LogP contribution < -0.4 is 11.1 Å². The molecule has 0 atom stereocenters. The molecule has 0 saturated carbocycles. The van der Waals surface area contributed by atoms with E-state index < -0.39 is 0 Å². The van der Waals surface area contributed by atoms with Crippen molar-refractivity contribution in [1.29, 1.82) is 0 Å². The van der Waals surface area contributed by atoms with Crippen molar-refractivity contribution in [3.8, 4) is 0 Å². The van der Waals surface area contributed by atoms with Gasteiger partial charge >= 0.3 is 0 Å². The summed E-state index contributed by atoms with van der Waals surface area (Å²) < 4.78 is 0. The molecule has 0 bridgehead atoms. The van der Waals surface area contributed by atoms with Gasteiger partial charge in [-0.05, 0) is 18.2 Å². The summed E-state index contributed by atoms with van der Waals surface area (Å²) in [6, 6.07) is 4.99. The zero-order chi connectivity index (χ0) is 14.5. The van der Waals surface area contributed by atoms with Crippen molar-refractivity contribution in [2.24, 2.45) is 0 Å². The molecule has 2 aromatic heterocycles. The smallest absolute Gasteiger partial charge is 0.235 e. The Kier molecular flexibility index (Phi) is 5.05. The Morgan fingerprint density at radius 1 is 1.30 bits per heavy atom. The molecule has 2 heterocycles. The molecule has 0 aliphatic carbocycles. The summed E-state index contributed by atoms with van der Waals surface area (Å²) >= 11 is 13.0. The van der Waals surface area contributed by atoms with E-state index in [-0.39, 0.29) is 17.5 Å². The second-order valence-electron chi connectivity index (χ2n) is 3.74. The van der Waals surface area contributed by atoms with Gasteiger partial charge in [-0.1, -0.05) is 23.2 Å². The second-order valence-corrected chi connectivity index (χ2v) is 5.63. The van der Waals surface area contributed by atoms with Gasteiger partial charge in [0.25, 0.3) is 0 Å². The molecule has 0 fully saturated rings. The van der Waals surface area contributed by atoms with Gasteiger partial charge in [-0.25, -0.2) is 9.97 Å². The molecule has 0 aliphatic rings. The molecule has 1 amide bonds. The molecule has 2 aromatic rings. The number of nitrogens with zero attached hydrogens (tertiary/aromatic N) is 2. The largest absolute Gasteiger partial charge is 0.384 e. The van der Waals surface area contributed by atoms with Crippen LogP contribution in [0.15, 0.2) is 35.5 Å². The minimum absolute atomic E-state index is 0.215. The predicted molar refractivity (Wildman–Crippen MR) is 82.3 cm³/mol. The maximum Gasteiger partial charge on any atom is 0.235 e. The lowest BCUT2D eigenvalue weighted by Gasteiger charge is -2.06. The van der Waals surface area contributed by atoms with Crippen molar-refractivity contribution < 1.29 is 4.79 Å². The summed E-state index contributed by atoms with van der Waals surface area (Å²) in [5, 5.41) is 3.32. The topological polar surface area (TPSA) is 80.9 Å². The van der Waals surface area contributed by atoms with E-state index in [4.69, 9.17) is 28.9 Å². The Balaban J connectivity index is 1.90. The van der Waals surface area contributed by atoms with Gasteiger partial charge in [0.1, 0.15) is 5.82 Å². The van der Waals surface area contributed by atoms with Gasteiger partial charge in [0.2, 0.25) is 5.91 Å². The minimum Gasteiger partial charge on any atom is -0.384 e. The molecule has 20 heavy (non-hydrogen) atoms. The minimum atomic E-state index is -0.219. The van der Waals surface area contributed by atoms with E-state index in [1.807, 2.05) is 0 Å². The van der Waals surface area contributed by atoms with Gasteiger partial charge in [0.05, 0.1) is 15.8 Å². The number of anilines is 2. The van der Waals surface area contributed by atoms with Crippen molar-refractivity contribution in [2.45, 2.75) is 4.90 Å². The Labute approximate surface area is 129 Å². The number of hydrogen-bond donors (Lipinski definition) is 2. The quantitative estimate of drug-likeness (QED) is 0.843. The van der Waals surface area contributed by atoms with Gasteiger partial charge < -0.3 is 11.1 Å². The van der Waals surface area contributed by atoms with Gasteiger partial charge in [0.15, 0.2) is 5.82 Å². The van der Waals surface area contributed by atoms with Gasteiger partial charge in [-0.15, -0.1) is 11.8 Å². The number of rotatable bonds is 4. The highest BCUT2D eigenvalue weighted by molar-refractivity contribution is 8.00. The summed E-state index contributed by atoms with van der Waals surface area (Å²) in [7, 11) is 0. The van der Waals surface area contributed by atoms with Crippen LogP contribution in [-0.4, -0.2) is 21.6 Å². The van der Waals surface area contributed by atoms with E-state index in [2.05, 4.69) is 15.3 Å². The first-order chi connectivity index (χ1) is 9.54. The lowest BCUT2D eigenvalue weighted by molar-refractivity contribution is -0.113. The Morgan fingerprint density at radius 3 is 2.75 bits per heavy atom. The number of nitrogen functional groups attached to an aromatic ring is 1. The molecule has 0 unspecified atom stereocenters. The Morgan fingerprint density at radius 2 is 2.10 bits per heavy atom. The van der Waals surface area contributed by atoms with Crippen LogP contribution in [0.5, 0.6) is 0 Å². The number of nitrogens with one attached hydrogen (secondary N) is 1. The average molecular weight is 329 g/mol. The predicted octanol–water partition coefficient (Wildman–Crippen LogP) is 3.10. The molecule has 0 radical (unpaired) electrons. The molecule has 2 rings (SSSR count). The number of amides is 1. The van der Waals surface area contributed by atoms with Crippen molar-refractivity contribution in [3.63, 3.8) is 0 Å². The number of carbonyl (C=O) groups is 1. The summed E-state index contributed by atoms with van der Waals surface area (Å²) in [5.74, 6) is 0.725. The summed E-state index contributed by atoms with van der Waals surface area (Å²) in [5.41, 5.74) is 5.48. The van der Waals surface area contributed by atoms with Crippen LogP contribution in [0.2, 0.25) is 10.0 Å². The van der Waals surface area contributed by atoms with Crippen LogP contribution in [0.3, 0.4) is 0 Å². The highest BCUT2D eigenvalue weighted by Crippen LogP contribution is 2.23. The fourth-order valence-corrected chi connectivity index (χ4v) is 2.39. The Hall–Kier alpha value is -1.50. The third kappa shape index (κ3) is 4.26. The number of thioether (sulfide) groups is 1. The van der Waals surface area contributed by atoms with Crippen LogP contribution in [0.25, 0.3) is 0 Å². The van der Waals surface area contributed by atoms with Crippen LogP contribution >= 0.6 is 35.0 Å². The molecule has 8 heteroatoms.